The van der Waals surface area contributed by atoms with Crippen molar-refractivity contribution in [3.8, 4) is 0 Å². The van der Waals surface area contributed by atoms with Gasteiger partial charge in [0.1, 0.15) is 0 Å². The van der Waals surface area contributed by atoms with Crippen LogP contribution in [0.3, 0.4) is 0 Å². The molecule has 0 aromatic carbocycles. The Balaban J connectivity index is 1.87. The Bertz CT molecular complexity index is 329. The lowest BCUT2D eigenvalue weighted by molar-refractivity contribution is 0.0776. The van der Waals surface area contributed by atoms with E-state index < -0.39 is 0 Å². The van der Waals surface area contributed by atoms with Gasteiger partial charge in [0.15, 0.2) is 0 Å². The van der Waals surface area contributed by atoms with E-state index in [-0.39, 0.29) is 0 Å². The van der Waals surface area contributed by atoms with Crippen LogP contribution in [0, 0.1) is 0 Å². The molecule has 1 N–H and O–H groups in total. The van der Waals surface area contributed by atoms with Gasteiger partial charge in [-0.05, 0) is 19.3 Å². The summed E-state index contributed by atoms with van der Waals surface area (Å²) in [6.45, 7) is 4.87. The van der Waals surface area contributed by atoms with E-state index in [1.807, 2.05) is 11.7 Å². The third-order valence-electron chi connectivity index (χ3n) is 3.13. The van der Waals surface area contributed by atoms with Gasteiger partial charge in [0.2, 0.25) is 0 Å². The van der Waals surface area contributed by atoms with Crippen molar-refractivity contribution in [1.29, 1.82) is 0 Å². The van der Waals surface area contributed by atoms with Gasteiger partial charge in [0, 0.05) is 44.6 Å². The van der Waals surface area contributed by atoms with E-state index >= 15 is 0 Å². The second kappa shape index (κ2) is 5.46. The number of ether oxygens (including phenoxy) is 1. The first-order chi connectivity index (χ1) is 7.79. The molecular weight excluding hydrogens is 202 g/mol. The van der Waals surface area contributed by atoms with Gasteiger partial charge in [-0.2, -0.15) is 5.10 Å². The quantitative estimate of drug-likeness (QED) is 0.835. The van der Waals surface area contributed by atoms with Crippen molar-refractivity contribution < 1.29 is 4.74 Å². The molecule has 90 valence electrons. The molecule has 16 heavy (non-hydrogen) atoms. The molecule has 0 amide bonds. The Hall–Kier alpha value is -0.870. The lowest BCUT2D eigenvalue weighted by atomic mass is 10.1. The van der Waals surface area contributed by atoms with Crippen LogP contribution in [-0.4, -0.2) is 29.0 Å². The minimum Gasteiger partial charge on any atom is -0.381 e. The first-order valence-corrected chi connectivity index (χ1v) is 6.12. The first-order valence-electron chi connectivity index (χ1n) is 6.12. The Morgan fingerprint density at radius 3 is 2.94 bits per heavy atom. The predicted octanol–water partition coefficient (Wildman–Crippen LogP) is 1.25. The molecule has 0 aliphatic carbocycles. The van der Waals surface area contributed by atoms with E-state index in [0.717, 1.165) is 39.0 Å². The van der Waals surface area contributed by atoms with Crippen LogP contribution >= 0.6 is 0 Å². The SMILES string of the molecule is CCc1nn(C)cc1CNC1CCOCC1. The second-order valence-corrected chi connectivity index (χ2v) is 4.40. The van der Waals surface area contributed by atoms with Crippen molar-refractivity contribution in [1.82, 2.24) is 15.1 Å². The number of rotatable bonds is 4. The fourth-order valence-electron chi connectivity index (χ4n) is 2.18. The highest BCUT2D eigenvalue weighted by molar-refractivity contribution is 5.16. The fraction of sp³-hybridized carbons (Fsp3) is 0.750. The number of nitrogens with zero attached hydrogens (tertiary/aromatic N) is 2. The molecule has 1 fully saturated rings. The molecule has 0 bridgehead atoms. The van der Waals surface area contributed by atoms with E-state index in [1.54, 1.807) is 0 Å². The van der Waals surface area contributed by atoms with Crippen LogP contribution in [0.1, 0.15) is 31.0 Å². The molecule has 0 saturated carbocycles. The van der Waals surface area contributed by atoms with Crippen LogP contribution in [-0.2, 0) is 24.8 Å². The number of hydrogen-bond donors (Lipinski definition) is 1. The summed E-state index contributed by atoms with van der Waals surface area (Å²) in [5.74, 6) is 0. The largest absolute Gasteiger partial charge is 0.381 e. The molecule has 2 rings (SSSR count). The highest BCUT2D eigenvalue weighted by Gasteiger charge is 2.14. The lowest BCUT2D eigenvalue weighted by Gasteiger charge is -2.23. The first kappa shape index (κ1) is 11.6. The van der Waals surface area contributed by atoms with Gasteiger partial charge in [0.25, 0.3) is 0 Å². The standard InChI is InChI=1S/C12H21N3O/c1-3-12-10(9-15(2)14-12)8-13-11-4-6-16-7-5-11/h9,11,13H,3-8H2,1-2H3. The summed E-state index contributed by atoms with van der Waals surface area (Å²) in [7, 11) is 1.98. The fourth-order valence-corrected chi connectivity index (χ4v) is 2.18. The van der Waals surface area contributed by atoms with Gasteiger partial charge in [-0.25, -0.2) is 0 Å². The molecule has 0 radical (unpaired) electrons. The normalized spacial score (nSPS) is 17.9. The maximum atomic E-state index is 5.34. The van der Waals surface area contributed by atoms with Crippen LogP contribution in [0.2, 0.25) is 0 Å². The zero-order valence-electron chi connectivity index (χ0n) is 10.2. The van der Waals surface area contributed by atoms with E-state index in [1.165, 1.54) is 11.3 Å². The average molecular weight is 223 g/mol. The third kappa shape index (κ3) is 2.83. The van der Waals surface area contributed by atoms with Crippen molar-refractivity contribution in [2.75, 3.05) is 13.2 Å². The molecule has 1 aliphatic rings. The summed E-state index contributed by atoms with van der Waals surface area (Å²) in [6, 6.07) is 0.610. The molecule has 0 unspecified atom stereocenters. The molecule has 1 aromatic heterocycles. The molecule has 0 atom stereocenters. The molecule has 1 saturated heterocycles. The number of aryl methyl sites for hydroxylation is 2. The minimum absolute atomic E-state index is 0.610. The van der Waals surface area contributed by atoms with Crippen LogP contribution in [0.15, 0.2) is 6.20 Å². The van der Waals surface area contributed by atoms with Crippen LogP contribution in [0.4, 0.5) is 0 Å². The summed E-state index contributed by atoms with van der Waals surface area (Å²) < 4.78 is 7.25. The van der Waals surface area contributed by atoms with E-state index in [2.05, 4.69) is 23.5 Å². The minimum atomic E-state index is 0.610. The van der Waals surface area contributed by atoms with Crippen LogP contribution in [0.5, 0.6) is 0 Å². The third-order valence-corrected chi connectivity index (χ3v) is 3.13. The zero-order chi connectivity index (χ0) is 11.4. The smallest absolute Gasteiger partial charge is 0.0666 e. The van der Waals surface area contributed by atoms with Gasteiger partial charge >= 0.3 is 0 Å². The van der Waals surface area contributed by atoms with Gasteiger partial charge in [-0.3, -0.25) is 4.68 Å². The van der Waals surface area contributed by atoms with Crippen molar-refractivity contribution in [2.45, 2.75) is 38.8 Å². The maximum Gasteiger partial charge on any atom is 0.0666 e. The monoisotopic (exact) mass is 223 g/mol. The second-order valence-electron chi connectivity index (χ2n) is 4.40. The zero-order valence-corrected chi connectivity index (χ0v) is 10.2. The summed E-state index contributed by atoms with van der Waals surface area (Å²) >= 11 is 0. The van der Waals surface area contributed by atoms with Crippen molar-refractivity contribution in [3.05, 3.63) is 17.5 Å². The summed E-state index contributed by atoms with van der Waals surface area (Å²) in [5, 5.41) is 8.04. The lowest BCUT2D eigenvalue weighted by Crippen LogP contribution is -2.34. The highest BCUT2D eigenvalue weighted by Crippen LogP contribution is 2.10. The number of nitrogens with one attached hydrogen (secondary N) is 1. The molecule has 1 aliphatic heterocycles. The predicted molar refractivity (Wildman–Crippen MR) is 63.3 cm³/mol. The van der Waals surface area contributed by atoms with Crippen LogP contribution < -0.4 is 5.32 Å². The number of aromatic nitrogens is 2. The van der Waals surface area contributed by atoms with Crippen molar-refractivity contribution >= 4 is 0 Å². The van der Waals surface area contributed by atoms with Crippen molar-refractivity contribution in [2.24, 2.45) is 7.05 Å². The van der Waals surface area contributed by atoms with E-state index in [9.17, 15) is 0 Å². The Morgan fingerprint density at radius 2 is 2.25 bits per heavy atom. The maximum absolute atomic E-state index is 5.34. The van der Waals surface area contributed by atoms with Gasteiger partial charge in [-0.1, -0.05) is 6.92 Å². The Labute approximate surface area is 97.0 Å². The molecular formula is C12H21N3O. The molecule has 4 nitrogen and oxygen atoms in total. The Kier molecular flexibility index (Phi) is 3.96. The molecule has 4 heteroatoms. The van der Waals surface area contributed by atoms with Gasteiger partial charge in [0.05, 0.1) is 5.69 Å². The summed E-state index contributed by atoms with van der Waals surface area (Å²) in [5.41, 5.74) is 2.54. The Morgan fingerprint density at radius 1 is 1.50 bits per heavy atom. The van der Waals surface area contributed by atoms with E-state index in [0.29, 0.717) is 6.04 Å². The van der Waals surface area contributed by atoms with Gasteiger partial charge < -0.3 is 10.1 Å². The summed E-state index contributed by atoms with van der Waals surface area (Å²) in [4.78, 5) is 0. The topological polar surface area (TPSA) is 39.1 Å². The number of hydrogen-bond acceptors (Lipinski definition) is 3. The van der Waals surface area contributed by atoms with E-state index in [4.69, 9.17) is 4.74 Å². The molecule has 2 heterocycles. The van der Waals surface area contributed by atoms with Crippen LogP contribution in [0.25, 0.3) is 0 Å². The highest BCUT2D eigenvalue weighted by atomic mass is 16.5. The summed E-state index contributed by atoms with van der Waals surface area (Å²) in [6.07, 6.45) is 5.38. The average Bonchev–Trinajstić information content (AvgIpc) is 2.68. The van der Waals surface area contributed by atoms with Crippen molar-refractivity contribution in [3.63, 3.8) is 0 Å². The molecule has 1 aromatic rings. The molecule has 0 spiro atoms. The van der Waals surface area contributed by atoms with Gasteiger partial charge in [-0.15, -0.1) is 0 Å².